The molecule has 132 valence electrons. The van der Waals surface area contributed by atoms with Gasteiger partial charge in [0.15, 0.2) is 0 Å². The minimum absolute atomic E-state index is 0.0891. The van der Waals surface area contributed by atoms with Gasteiger partial charge in [0.2, 0.25) is 10.0 Å². The summed E-state index contributed by atoms with van der Waals surface area (Å²) in [6, 6.07) is 10.5. The SMILES string of the molecule is COC(=O)c1ccc(Sc2ccc(NS(C)(=O)=O)cc2)c([N+](=O)[O-])c1. The van der Waals surface area contributed by atoms with Crippen LogP contribution < -0.4 is 4.72 Å². The number of sulfonamides is 1. The molecule has 0 atom stereocenters. The van der Waals surface area contributed by atoms with Gasteiger partial charge < -0.3 is 4.74 Å². The third kappa shape index (κ3) is 5.19. The van der Waals surface area contributed by atoms with Gasteiger partial charge in [-0.1, -0.05) is 11.8 Å². The number of hydrogen-bond donors (Lipinski definition) is 1. The molecule has 0 amide bonds. The van der Waals surface area contributed by atoms with Gasteiger partial charge in [-0.15, -0.1) is 0 Å². The maximum atomic E-state index is 11.5. The van der Waals surface area contributed by atoms with Gasteiger partial charge in [-0.3, -0.25) is 14.8 Å². The van der Waals surface area contributed by atoms with E-state index in [-0.39, 0.29) is 11.3 Å². The number of rotatable bonds is 6. The lowest BCUT2D eigenvalue weighted by molar-refractivity contribution is -0.387. The van der Waals surface area contributed by atoms with Gasteiger partial charge in [0.1, 0.15) is 0 Å². The maximum absolute atomic E-state index is 11.5. The number of esters is 1. The van der Waals surface area contributed by atoms with Gasteiger partial charge >= 0.3 is 5.97 Å². The Kier molecular flexibility index (Phi) is 5.65. The van der Waals surface area contributed by atoms with E-state index < -0.39 is 20.9 Å². The smallest absolute Gasteiger partial charge is 0.338 e. The van der Waals surface area contributed by atoms with Crippen LogP contribution in [0.4, 0.5) is 11.4 Å². The number of methoxy groups -OCH3 is 1. The molecule has 0 bridgehead atoms. The molecule has 2 aromatic carbocycles. The summed E-state index contributed by atoms with van der Waals surface area (Å²) in [7, 11) is -2.17. The van der Waals surface area contributed by atoms with E-state index in [4.69, 9.17) is 0 Å². The number of benzene rings is 2. The van der Waals surface area contributed by atoms with Gasteiger partial charge in [0.05, 0.1) is 28.7 Å². The van der Waals surface area contributed by atoms with E-state index >= 15 is 0 Å². The number of nitrogens with one attached hydrogen (secondary N) is 1. The number of carbonyl (C=O) groups is 1. The molecule has 0 fully saturated rings. The zero-order chi connectivity index (χ0) is 18.6. The highest BCUT2D eigenvalue weighted by Crippen LogP contribution is 2.36. The minimum Gasteiger partial charge on any atom is -0.465 e. The molecule has 25 heavy (non-hydrogen) atoms. The van der Waals surface area contributed by atoms with Crippen molar-refractivity contribution in [2.24, 2.45) is 0 Å². The van der Waals surface area contributed by atoms with Crippen LogP contribution >= 0.6 is 11.8 Å². The molecule has 0 saturated carbocycles. The van der Waals surface area contributed by atoms with Crippen molar-refractivity contribution < 1.29 is 22.9 Å². The Balaban J connectivity index is 2.27. The monoisotopic (exact) mass is 382 g/mol. The molecule has 8 nitrogen and oxygen atoms in total. The zero-order valence-corrected chi connectivity index (χ0v) is 14.9. The number of nitro groups is 1. The molecule has 2 rings (SSSR count). The number of nitro benzene ring substituents is 1. The number of hydrogen-bond acceptors (Lipinski definition) is 7. The predicted octanol–water partition coefficient (Wildman–Crippen LogP) is 2.90. The summed E-state index contributed by atoms with van der Waals surface area (Å²) in [6.45, 7) is 0. The fourth-order valence-electron chi connectivity index (χ4n) is 1.92. The Morgan fingerprint density at radius 2 is 1.84 bits per heavy atom. The fraction of sp³-hybridized carbons (Fsp3) is 0.133. The summed E-state index contributed by atoms with van der Waals surface area (Å²) in [6.07, 6.45) is 1.04. The minimum atomic E-state index is -3.37. The zero-order valence-electron chi connectivity index (χ0n) is 13.3. The highest BCUT2D eigenvalue weighted by molar-refractivity contribution is 7.99. The lowest BCUT2D eigenvalue weighted by atomic mass is 10.2. The summed E-state index contributed by atoms with van der Waals surface area (Å²) < 4.78 is 29.2. The highest BCUT2D eigenvalue weighted by atomic mass is 32.2. The molecule has 2 aromatic rings. The van der Waals surface area contributed by atoms with Crippen LogP contribution in [0.2, 0.25) is 0 Å². The largest absolute Gasteiger partial charge is 0.465 e. The summed E-state index contributed by atoms with van der Waals surface area (Å²) in [5, 5.41) is 11.2. The molecule has 0 unspecified atom stereocenters. The average Bonchev–Trinajstić information content (AvgIpc) is 2.54. The lowest BCUT2D eigenvalue weighted by Gasteiger charge is -2.07. The lowest BCUT2D eigenvalue weighted by Crippen LogP contribution is -2.09. The molecule has 0 aliphatic heterocycles. The first-order valence-electron chi connectivity index (χ1n) is 6.82. The van der Waals surface area contributed by atoms with Crippen molar-refractivity contribution in [2.45, 2.75) is 9.79 Å². The van der Waals surface area contributed by atoms with Crippen LogP contribution in [0, 0.1) is 10.1 Å². The van der Waals surface area contributed by atoms with Crippen LogP contribution in [0.3, 0.4) is 0 Å². The predicted molar refractivity (Wildman–Crippen MR) is 93.5 cm³/mol. The van der Waals surface area contributed by atoms with Crippen LogP contribution in [0.15, 0.2) is 52.3 Å². The number of carbonyl (C=O) groups excluding carboxylic acids is 1. The van der Waals surface area contributed by atoms with Crippen LogP contribution in [-0.2, 0) is 14.8 Å². The van der Waals surface area contributed by atoms with Gasteiger partial charge in [-0.25, -0.2) is 13.2 Å². The molecule has 1 N–H and O–H groups in total. The molecule has 0 spiro atoms. The van der Waals surface area contributed by atoms with Crippen molar-refractivity contribution in [3.8, 4) is 0 Å². The molecule has 0 aliphatic rings. The van der Waals surface area contributed by atoms with Crippen LogP contribution in [0.5, 0.6) is 0 Å². The van der Waals surface area contributed by atoms with Crippen LogP contribution in [0.25, 0.3) is 0 Å². The summed E-state index contributed by atoms with van der Waals surface area (Å²) >= 11 is 1.13. The van der Waals surface area contributed by atoms with E-state index in [1.54, 1.807) is 24.3 Å². The van der Waals surface area contributed by atoms with Crippen molar-refractivity contribution in [3.05, 3.63) is 58.1 Å². The second-order valence-electron chi connectivity index (χ2n) is 4.93. The van der Waals surface area contributed by atoms with Gasteiger partial charge in [-0.2, -0.15) is 0 Å². The third-order valence-corrected chi connectivity index (χ3v) is 4.64. The first-order valence-corrected chi connectivity index (χ1v) is 9.53. The van der Waals surface area contributed by atoms with Crippen LogP contribution in [-0.4, -0.2) is 32.7 Å². The standard InChI is InChI=1S/C15H14N2O6S2/c1-23-15(18)10-3-8-14(13(9-10)17(19)20)24-12-6-4-11(5-7-12)16-25(2,21)22/h3-9,16H,1-2H3. The fourth-order valence-corrected chi connectivity index (χ4v) is 3.39. The second kappa shape index (κ2) is 7.53. The summed E-state index contributed by atoms with van der Waals surface area (Å²) in [4.78, 5) is 23.2. The molecule has 0 saturated heterocycles. The number of anilines is 1. The molecule has 0 radical (unpaired) electrons. The molecular formula is C15H14N2O6S2. The van der Waals surface area contributed by atoms with E-state index in [0.717, 1.165) is 24.1 Å². The number of ether oxygens (including phenoxy) is 1. The summed E-state index contributed by atoms with van der Waals surface area (Å²) in [5.74, 6) is -0.657. The van der Waals surface area contributed by atoms with Gasteiger partial charge in [0, 0.05) is 16.6 Å². The Labute approximate surface area is 148 Å². The van der Waals surface area contributed by atoms with Crippen molar-refractivity contribution >= 4 is 39.1 Å². The molecule has 0 aromatic heterocycles. The Morgan fingerprint density at radius 1 is 1.20 bits per heavy atom. The summed E-state index contributed by atoms with van der Waals surface area (Å²) in [5.41, 5.74) is 0.264. The number of nitrogens with zero attached hydrogens (tertiary/aromatic N) is 1. The first-order chi connectivity index (χ1) is 11.7. The Bertz CT molecular complexity index is 910. The Hall–Kier alpha value is -2.59. The van der Waals surface area contributed by atoms with E-state index in [0.29, 0.717) is 15.5 Å². The normalized spacial score (nSPS) is 11.0. The topological polar surface area (TPSA) is 116 Å². The highest BCUT2D eigenvalue weighted by Gasteiger charge is 2.18. The van der Waals surface area contributed by atoms with Crippen molar-refractivity contribution in [1.29, 1.82) is 0 Å². The van der Waals surface area contributed by atoms with Crippen molar-refractivity contribution in [3.63, 3.8) is 0 Å². The van der Waals surface area contributed by atoms with E-state index in [1.165, 1.54) is 19.2 Å². The quantitative estimate of drug-likeness (QED) is 0.464. The molecule has 10 heteroatoms. The van der Waals surface area contributed by atoms with Crippen molar-refractivity contribution in [2.75, 3.05) is 18.1 Å². The van der Waals surface area contributed by atoms with Gasteiger partial charge in [0.25, 0.3) is 5.69 Å². The first kappa shape index (κ1) is 18.7. The van der Waals surface area contributed by atoms with Crippen molar-refractivity contribution in [1.82, 2.24) is 0 Å². The average molecular weight is 382 g/mol. The van der Waals surface area contributed by atoms with E-state index in [1.807, 2.05) is 0 Å². The molecule has 0 aliphatic carbocycles. The third-order valence-electron chi connectivity index (χ3n) is 2.96. The molecular weight excluding hydrogens is 368 g/mol. The second-order valence-corrected chi connectivity index (χ2v) is 7.80. The van der Waals surface area contributed by atoms with E-state index in [2.05, 4.69) is 9.46 Å². The molecule has 0 heterocycles. The van der Waals surface area contributed by atoms with E-state index in [9.17, 15) is 23.3 Å². The maximum Gasteiger partial charge on any atom is 0.338 e. The van der Waals surface area contributed by atoms with Crippen LogP contribution in [0.1, 0.15) is 10.4 Å². The van der Waals surface area contributed by atoms with Gasteiger partial charge in [-0.05, 0) is 36.4 Å². The Morgan fingerprint density at radius 3 is 2.36 bits per heavy atom.